The quantitative estimate of drug-likeness (QED) is 0.799. The normalized spacial score (nSPS) is 30.5. The Bertz CT molecular complexity index is 808. The zero-order valence-electron chi connectivity index (χ0n) is 19.6. The molecule has 1 aromatic carbocycles. The van der Waals surface area contributed by atoms with Gasteiger partial charge in [-0.15, -0.1) is 0 Å². The topological polar surface area (TPSA) is 55.8 Å². The van der Waals surface area contributed by atoms with E-state index in [-0.39, 0.29) is 18.4 Å². The summed E-state index contributed by atoms with van der Waals surface area (Å²) in [5.74, 6) is -2.47. The molecule has 1 aliphatic rings. The van der Waals surface area contributed by atoms with Crippen LogP contribution in [0.25, 0.3) is 0 Å². The first-order valence-corrected chi connectivity index (χ1v) is 5.66. The van der Waals surface area contributed by atoms with E-state index in [1.165, 1.54) is 6.92 Å². The predicted octanol–water partition coefficient (Wildman–Crippen LogP) is 2.57. The van der Waals surface area contributed by atoms with Gasteiger partial charge >= 0.3 is 5.97 Å². The molecule has 0 amide bonds. The number of fused-ring (bicyclic) bond motifs is 1. The van der Waals surface area contributed by atoms with Gasteiger partial charge in [-0.1, -0.05) is 0 Å². The third-order valence-electron chi connectivity index (χ3n) is 3.32. The van der Waals surface area contributed by atoms with E-state index in [9.17, 15) is 9.90 Å². The highest BCUT2D eigenvalue weighted by atomic mass is 16.6. The van der Waals surface area contributed by atoms with Crippen molar-refractivity contribution in [2.24, 2.45) is 0 Å². The van der Waals surface area contributed by atoms with Gasteiger partial charge in [0.2, 0.25) is 5.60 Å². The summed E-state index contributed by atoms with van der Waals surface area (Å²) in [7, 11) is 1.11. The van der Waals surface area contributed by atoms with Gasteiger partial charge in [0.1, 0.15) is 11.5 Å². The fourth-order valence-electron chi connectivity index (χ4n) is 2.11. The summed E-state index contributed by atoms with van der Waals surface area (Å²) in [6.45, 7) is -7.82. The van der Waals surface area contributed by atoms with E-state index in [0.717, 1.165) is 7.11 Å². The first kappa shape index (κ1) is 6.16. The Hall–Kier alpha value is -1.71. The molecule has 0 saturated carbocycles. The molecular formula is C15H20O4. The van der Waals surface area contributed by atoms with Gasteiger partial charge in [-0.2, -0.15) is 0 Å². The van der Waals surface area contributed by atoms with Crippen molar-refractivity contribution >= 4 is 5.97 Å². The largest absolute Gasteiger partial charge is 0.507 e. The van der Waals surface area contributed by atoms with E-state index in [1.54, 1.807) is 0 Å². The summed E-state index contributed by atoms with van der Waals surface area (Å²) < 4.78 is 79.7. The van der Waals surface area contributed by atoms with Crippen LogP contribution >= 0.6 is 0 Å². The second kappa shape index (κ2) is 4.44. The van der Waals surface area contributed by atoms with Gasteiger partial charge in [0.05, 0.1) is 7.11 Å². The second-order valence-corrected chi connectivity index (χ2v) is 4.61. The molecule has 104 valence electrons. The van der Waals surface area contributed by atoms with E-state index >= 15 is 0 Å². The average Bonchev–Trinajstić information content (AvgIpc) is 2.49. The Kier molecular flexibility index (Phi) is 1.44. The van der Waals surface area contributed by atoms with Crippen LogP contribution in [0.2, 0.25) is 0 Å². The van der Waals surface area contributed by atoms with Crippen LogP contribution in [-0.2, 0) is 16.0 Å². The number of benzene rings is 1. The summed E-state index contributed by atoms with van der Waals surface area (Å²) in [4.78, 5) is 12.1. The summed E-state index contributed by atoms with van der Waals surface area (Å²) in [6.07, 6.45) is -0.185. The fraction of sp³-hybridized carbons (Fsp3) is 0.533. The SMILES string of the molecule is [2H]C([2H])([2H])c1c(O)c(C([2H])([2H])[2H])c(C([2H])([2H])[2H])c2c1CCC(C)(C(=O)OC)O2. The summed E-state index contributed by atoms with van der Waals surface area (Å²) >= 11 is 0. The summed E-state index contributed by atoms with van der Waals surface area (Å²) in [5.41, 5.74) is -4.34. The van der Waals surface area contributed by atoms with Crippen LogP contribution in [0.4, 0.5) is 0 Å². The van der Waals surface area contributed by atoms with Gasteiger partial charge < -0.3 is 14.6 Å². The molecule has 4 nitrogen and oxygen atoms in total. The molecule has 1 aromatic rings. The van der Waals surface area contributed by atoms with E-state index in [1.807, 2.05) is 0 Å². The third kappa shape index (κ3) is 1.95. The van der Waals surface area contributed by atoms with Crippen LogP contribution in [0.5, 0.6) is 11.5 Å². The third-order valence-corrected chi connectivity index (χ3v) is 3.32. The highest BCUT2D eigenvalue weighted by molar-refractivity contribution is 5.80. The molecule has 4 heteroatoms. The van der Waals surface area contributed by atoms with Crippen molar-refractivity contribution in [2.75, 3.05) is 7.11 Å². The van der Waals surface area contributed by atoms with Gasteiger partial charge in [-0.3, -0.25) is 0 Å². The van der Waals surface area contributed by atoms with Crippen molar-refractivity contribution in [3.63, 3.8) is 0 Å². The molecule has 0 bridgehead atoms. The van der Waals surface area contributed by atoms with Gasteiger partial charge in [-0.05, 0) is 50.6 Å². The number of hydrogen-bond donors (Lipinski definition) is 1. The molecule has 0 saturated heterocycles. The van der Waals surface area contributed by atoms with Crippen LogP contribution in [0, 0.1) is 20.6 Å². The molecule has 1 N–H and O–H groups in total. The van der Waals surface area contributed by atoms with E-state index in [4.69, 9.17) is 17.1 Å². The first-order chi connectivity index (χ1) is 12.4. The molecule has 1 heterocycles. The lowest BCUT2D eigenvalue weighted by Crippen LogP contribution is -2.45. The van der Waals surface area contributed by atoms with Gasteiger partial charge in [0, 0.05) is 24.3 Å². The molecule has 19 heavy (non-hydrogen) atoms. The molecule has 0 aliphatic carbocycles. The highest BCUT2D eigenvalue weighted by Crippen LogP contribution is 2.43. The highest BCUT2D eigenvalue weighted by Gasteiger charge is 2.41. The first-order valence-electron chi connectivity index (χ1n) is 10.2. The van der Waals surface area contributed by atoms with Crippen molar-refractivity contribution in [2.45, 2.75) is 45.9 Å². The maximum atomic E-state index is 12.1. The maximum absolute atomic E-state index is 12.1. The van der Waals surface area contributed by atoms with Crippen molar-refractivity contribution in [3.05, 3.63) is 22.3 Å². The smallest absolute Gasteiger partial charge is 0.349 e. The number of phenols is 1. The number of methoxy groups -OCH3 is 1. The molecule has 0 aromatic heterocycles. The van der Waals surface area contributed by atoms with Crippen molar-refractivity contribution in [3.8, 4) is 11.5 Å². The van der Waals surface area contributed by atoms with Crippen LogP contribution in [0.3, 0.4) is 0 Å². The molecule has 0 radical (unpaired) electrons. The van der Waals surface area contributed by atoms with Crippen LogP contribution in [0.15, 0.2) is 0 Å². The van der Waals surface area contributed by atoms with Crippen molar-refractivity contribution < 1.29 is 31.7 Å². The lowest BCUT2D eigenvalue weighted by atomic mass is 9.87. The minimum Gasteiger partial charge on any atom is -0.507 e. The Labute approximate surface area is 126 Å². The van der Waals surface area contributed by atoms with E-state index < -0.39 is 60.3 Å². The summed E-state index contributed by atoms with van der Waals surface area (Å²) in [5, 5.41) is 10.5. The predicted molar refractivity (Wildman–Crippen MR) is 71.7 cm³/mol. The number of rotatable bonds is 1. The average molecular weight is 273 g/mol. The van der Waals surface area contributed by atoms with Crippen LogP contribution < -0.4 is 4.74 Å². The zero-order chi connectivity index (χ0) is 21.9. The number of carbonyl (C=O) groups is 1. The molecule has 1 aliphatic heterocycles. The Morgan fingerprint density at radius 2 is 2.05 bits per heavy atom. The molecule has 0 fully saturated rings. The molecule has 2 rings (SSSR count). The molecule has 1 atom stereocenters. The number of hydrogen-bond acceptors (Lipinski definition) is 4. The summed E-state index contributed by atoms with van der Waals surface area (Å²) in [6, 6.07) is 0. The number of ether oxygens (including phenoxy) is 2. The lowest BCUT2D eigenvalue weighted by molar-refractivity contribution is -0.159. The lowest BCUT2D eigenvalue weighted by Gasteiger charge is -2.35. The molecular weight excluding hydrogens is 244 g/mol. The van der Waals surface area contributed by atoms with Crippen LogP contribution in [0.1, 0.15) is 47.9 Å². The Balaban J connectivity index is 3.01. The minimum atomic E-state index is -3.15. The number of esters is 1. The molecule has 0 spiro atoms. The Morgan fingerprint density at radius 1 is 1.37 bits per heavy atom. The van der Waals surface area contributed by atoms with Crippen LogP contribution in [-0.4, -0.2) is 23.8 Å². The van der Waals surface area contributed by atoms with Gasteiger partial charge in [-0.25, -0.2) is 4.79 Å². The van der Waals surface area contributed by atoms with Crippen molar-refractivity contribution in [1.29, 1.82) is 0 Å². The zero-order valence-corrected chi connectivity index (χ0v) is 10.6. The van der Waals surface area contributed by atoms with Gasteiger partial charge in [0.25, 0.3) is 0 Å². The van der Waals surface area contributed by atoms with E-state index in [2.05, 4.69) is 4.74 Å². The van der Waals surface area contributed by atoms with Crippen molar-refractivity contribution in [1.82, 2.24) is 0 Å². The molecule has 1 unspecified atom stereocenters. The number of carbonyl (C=O) groups excluding carboxylic acids is 1. The fourth-order valence-corrected chi connectivity index (χ4v) is 2.11. The van der Waals surface area contributed by atoms with E-state index in [0.29, 0.717) is 0 Å². The number of phenolic OH excluding ortho intramolecular Hbond substituents is 1. The monoisotopic (exact) mass is 273 g/mol. The Morgan fingerprint density at radius 3 is 2.63 bits per heavy atom. The van der Waals surface area contributed by atoms with Gasteiger partial charge in [0.15, 0.2) is 0 Å². The maximum Gasteiger partial charge on any atom is 0.349 e. The number of aromatic hydroxyl groups is 1. The second-order valence-electron chi connectivity index (χ2n) is 4.61. The minimum absolute atomic E-state index is 0.0528. The standard InChI is InChI=1S/C15H20O4/c1-8-9(2)13-11(10(3)12(8)16)6-7-15(4,19-13)14(17)18-5/h16H,6-7H2,1-5H3/i1D3,2D3,3D3.